The van der Waals surface area contributed by atoms with Crippen molar-refractivity contribution >= 4 is 33.3 Å². The predicted octanol–water partition coefficient (Wildman–Crippen LogP) is 7.48. The second-order valence-electron chi connectivity index (χ2n) is 8.69. The van der Waals surface area contributed by atoms with Gasteiger partial charge in [-0.1, -0.05) is 12.1 Å². The lowest BCUT2D eigenvalue weighted by molar-refractivity contribution is -0.137. The molecule has 0 saturated heterocycles. The molecule has 1 amide bonds. The predicted molar refractivity (Wildman–Crippen MR) is 145 cm³/mol. The van der Waals surface area contributed by atoms with Crippen LogP contribution in [0, 0.1) is 0 Å². The minimum Gasteiger partial charge on any atom is -0.495 e. The number of aromatic nitrogens is 1. The number of hydrogen-bond donors (Lipinski definition) is 1. The molecule has 0 atom stereocenters. The van der Waals surface area contributed by atoms with Crippen LogP contribution in [0.15, 0.2) is 79.0 Å². The summed E-state index contributed by atoms with van der Waals surface area (Å²) in [6, 6.07) is 18.4. The Kier molecular flexibility index (Phi) is 7.08. The highest BCUT2D eigenvalue weighted by molar-refractivity contribution is 6.13. The zero-order chi connectivity index (χ0) is 28.4. The first-order valence-electron chi connectivity index (χ1n) is 12.0. The van der Waals surface area contributed by atoms with Crippen molar-refractivity contribution in [1.29, 1.82) is 0 Å². The van der Waals surface area contributed by atoms with Crippen LogP contribution in [0.25, 0.3) is 21.7 Å². The van der Waals surface area contributed by atoms with E-state index in [0.717, 1.165) is 12.1 Å². The molecular weight excluding hydrogens is 525 g/mol. The van der Waals surface area contributed by atoms with Crippen LogP contribution in [0.4, 0.5) is 18.9 Å². The number of rotatable bonds is 7. The maximum Gasteiger partial charge on any atom is 0.416 e. The number of benzene rings is 4. The minimum absolute atomic E-state index is 0.0871. The molecular formula is C30H23F3N2O5. The largest absolute Gasteiger partial charge is 0.495 e. The molecule has 0 unspecified atom stereocenters. The van der Waals surface area contributed by atoms with Gasteiger partial charge in [0.25, 0.3) is 5.91 Å². The standard InChI is InChI=1S/C30H23F3N2O5/c1-37-26-10-7-18(30(31,32)33)14-24(26)35-29(36)21-6-4-5-17-13-19(8-9-20(17)21)40-25-11-12-34-23-16-28(39-3)27(38-2)15-22(23)25/h4-16H,1-3H3,(H,35,36). The fraction of sp³-hybridized carbons (Fsp3) is 0.133. The summed E-state index contributed by atoms with van der Waals surface area (Å²) in [5.74, 6) is 1.63. The van der Waals surface area contributed by atoms with E-state index in [9.17, 15) is 18.0 Å². The van der Waals surface area contributed by atoms with Gasteiger partial charge in [-0.05, 0) is 65.4 Å². The summed E-state index contributed by atoms with van der Waals surface area (Å²) in [5.41, 5.74) is -0.0615. The van der Waals surface area contributed by atoms with Gasteiger partial charge in [-0.15, -0.1) is 0 Å². The first-order chi connectivity index (χ1) is 19.2. The van der Waals surface area contributed by atoms with E-state index in [1.807, 2.05) is 6.07 Å². The number of alkyl halides is 3. The summed E-state index contributed by atoms with van der Waals surface area (Å²) in [4.78, 5) is 17.6. The summed E-state index contributed by atoms with van der Waals surface area (Å²) in [6.45, 7) is 0. The Hall–Kier alpha value is -4.99. The van der Waals surface area contributed by atoms with Gasteiger partial charge in [-0.3, -0.25) is 9.78 Å². The van der Waals surface area contributed by atoms with E-state index in [0.29, 0.717) is 44.7 Å². The van der Waals surface area contributed by atoms with Crippen molar-refractivity contribution in [3.63, 3.8) is 0 Å². The first kappa shape index (κ1) is 26.6. The third kappa shape index (κ3) is 5.15. The van der Waals surface area contributed by atoms with E-state index in [1.165, 1.54) is 13.2 Å². The number of amides is 1. The Bertz CT molecular complexity index is 1740. The fourth-order valence-electron chi connectivity index (χ4n) is 4.36. The maximum absolute atomic E-state index is 13.2. The van der Waals surface area contributed by atoms with Crippen molar-refractivity contribution < 1.29 is 36.9 Å². The molecule has 0 bridgehead atoms. The van der Waals surface area contributed by atoms with Crippen molar-refractivity contribution in [2.24, 2.45) is 0 Å². The van der Waals surface area contributed by atoms with Crippen LogP contribution in [-0.4, -0.2) is 32.2 Å². The Labute approximate surface area is 227 Å². The van der Waals surface area contributed by atoms with Crippen molar-refractivity contribution in [2.45, 2.75) is 6.18 Å². The average Bonchev–Trinajstić information content (AvgIpc) is 2.95. The zero-order valence-electron chi connectivity index (χ0n) is 21.6. The van der Waals surface area contributed by atoms with E-state index in [2.05, 4.69) is 10.3 Å². The lowest BCUT2D eigenvalue weighted by Gasteiger charge is -2.15. The highest BCUT2D eigenvalue weighted by Crippen LogP contribution is 2.38. The molecule has 1 N–H and O–H groups in total. The zero-order valence-corrected chi connectivity index (χ0v) is 21.6. The van der Waals surface area contributed by atoms with Gasteiger partial charge < -0.3 is 24.3 Å². The number of carbonyl (C=O) groups is 1. The Morgan fingerprint density at radius 2 is 1.52 bits per heavy atom. The van der Waals surface area contributed by atoms with Crippen molar-refractivity contribution in [1.82, 2.24) is 4.98 Å². The van der Waals surface area contributed by atoms with E-state index < -0.39 is 17.6 Å². The van der Waals surface area contributed by atoms with Gasteiger partial charge in [0.15, 0.2) is 11.5 Å². The number of fused-ring (bicyclic) bond motifs is 2. The molecule has 5 aromatic rings. The summed E-state index contributed by atoms with van der Waals surface area (Å²) in [7, 11) is 4.40. The fourth-order valence-corrected chi connectivity index (χ4v) is 4.36. The SMILES string of the molecule is COc1ccc(C(F)(F)F)cc1NC(=O)c1cccc2cc(Oc3ccnc4cc(OC)c(OC)cc34)ccc12. The second-order valence-corrected chi connectivity index (χ2v) is 8.69. The summed E-state index contributed by atoms with van der Waals surface area (Å²) >= 11 is 0. The number of pyridine rings is 1. The highest BCUT2D eigenvalue weighted by atomic mass is 19.4. The number of nitrogens with zero attached hydrogens (tertiary/aromatic N) is 1. The van der Waals surface area contributed by atoms with Gasteiger partial charge in [0.1, 0.15) is 17.2 Å². The first-order valence-corrected chi connectivity index (χ1v) is 12.0. The van der Waals surface area contributed by atoms with Crippen LogP contribution in [-0.2, 0) is 6.18 Å². The molecule has 0 aliphatic carbocycles. The number of halogens is 3. The normalized spacial score (nSPS) is 11.3. The summed E-state index contributed by atoms with van der Waals surface area (Å²) < 4.78 is 61.8. The van der Waals surface area contributed by atoms with Gasteiger partial charge in [-0.2, -0.15) is 13.2 Å². The minimum atomic E-state index is -4.57. The van der Waals surface area contributed by atoms with E-state index in [4.69, 9.17) is 18.9 Å². The molecule has 5 rings (SSSR count). The topological polar surface area (TPSA) is 78.9 Å². The molecule has 0 aliphatic rings. The molecule has 1 aromatic heterocycles. The smallest absolute Gasteiger partial charge is 0.416 e. The van der Waals surface area contributed by atoms with Gasteiger partial charge in [0.2, 0.25) is 0 Å². The van der Waals surface area contributed by atoms with Crippen molar-refractivity contribution in [3.05, 3.63) is 90.1 Å². The van der Waals surface area contributed by atoms with Crippen LogP contribution < -0.4 is 24.3 Å². The molecule has 1 heterocycles. The Balaban J connectivity index is 1.46. The van der Waals surface area contributed by atoms with Crippen LogP contribution >= 0.6 is 0 Å². The lowest BCUT2D eigenvalue weighted by atomic mass is 10.0. The molecule has 4 aromatic carbocycles. The molecule has 204 valence electrons. The van der Waals surface area contributed by atoms with Crippen LogP contribution in [0.5, 0.6) is 28.7 Å². The average molecular weight is 549 g/mol. The van der Waals surface area contributed by atoms with E-state index in [1.54, 1.807) is 68.9 Å². The van der Waals surface area contributed by atoms with Gasteiger partial charge in [0.05, 0.1) is 38.1 Å². The molecule has 7 nitrogen and oxygen atoms in total. The van der Waals surface area contributed by atoms with Gasteiger partial charge in [0, 0.05) is 23.2 Å². The molecule has 10 heteroatoms. The molecule has 0 spiro atoms. The van der Waals surface area contributed by atoms with Crippen molar-refractivity contribution in [3.8, 4) is 28.7 Å². The number of ether oxygens (including phenoxy) is 4. The number of methoxy groups -OCH3 is 3. The highest BCUT2D eigenvalue weighted by Gasteiger charge is 2.31. The number of carbonyl (C=O) groups excluding carboxylic acids is 1. The Morgan fingerprint density at radius 1 is 0.775 bits per heavy atom. The molecule has 0 saturated carbocycles. The third-order valence-corrected chi connectivity index (χ3v) is 6.31. The van der Waals surface area contributed by atoms with Crippen LogP contribution in [0.2, 0.25) is 0 Å². The molecule has 0 aliphatic heterocycles. The number of anilines is 1. The van der Waals surface area contributed by atoms with Crippen LogP contribution in [0.3, 0.4) is 0 Å². The van der Waals surface area contributed by atoms with Gasteiger partial charge in [-0.25, -0.2) is 0 Å². The van der Waals surface area contributed by atoms with E-state index >= 15 is 0 Å². The summed E-state index contributed by atoms with van der Waals surface area (Å²) in [6.07, 6.45) is -2.95. The van der Waals surface area contributed by atoms with E-state index in [-0.39, 0.29) is 17.0 Å². The molecule has 40 heavy (non-hydrogen) atoms. The third-order valence-electron chi connectivity index (χ3n) is 6.31. The lowest BCUT2D eigenvalue weighted by Crippen LogP contribution is -2.14. The van der Waals surface area contributed by atoms with Gasteiger partial charge >= 0.3 is 6.18 Å². The molecule has 0 fully saturated rings. The Morgan fingerprint density at radius 3 is 2.25 bits per heavy atom. The van der Waals surface area contributed by atoms with Crippen LogP contribution in [0.1, 0.15) is 15.9 Å². The number of hydrogen-bond acceptors (Lipinski definition) is 6. The quantitative estimate of drug-likeness (QED) is 0.227. The summed E-state index contributed by atoms with van der Waals surface area (Å²) in [5, 5.41) is 4.54. The molecule has 0 radical (unpaired) electrons. The maximum atomic E-state index is 13.2. The number of nitrogens with one attached hydrogen (secondary N) is 1. The second kappa shape index (κ2) is 10.6. The van der Waals surface area contributed by atoms with Crippen molar-refractivity contribution in [2.75, 3.05) is 26.6 Å². The monoisotopic (exact) mass is 548 g/mol.